The number of hydrogen-bond donors (Lipinski definition) is 6. The lowest BCUT2D eigenvalue weighted by atomic mass is 10.0. The van der Waals surface area contributed by atoms with Gasteiger partial charge in [0.25, 0.3) is 0 Å². The van der Waals surface area contributed by atoms with Crippen molar-refractivity contribution in [3.05, 3.63) is 36.0 Å². The van der Waals surface area contributed by atoms with Crippen LogP contribution in [0.15, 0.2) is 30.5 Å². The summed E-state index contributed by atoms with van der Waals surface area (Å²) >= 11 is 0. The summed E-state index contributed by atoms with van der Waals surface area (Å²) in [5.41, 5.74) is 6.70. The Labute approximate surface area is 176 Å². The van der Waals surface area contributed by atoms with E-state index in [1.165, 1.54) is 0 Å². The van der Waals surface area contributed by atoms with Crippen LogP contribution >= 0.6 is 0 Å². The van der Waals surface area contributed by atoms with Crippen LogP contribution in [-0.4, -0.2) is 57.8 Å². The Hall–Kier alpha value is -3.89. The van der Waals surface area contributed by atoms with Crippen molar-refractivity contribution in [3.63, 3.8) is 0 Å². The Kier molecular flexibility index (Phi) is 6.53. The predicted octanol–water partition coefficient (Wildman–Crippen LogP) is -1.08. The maximum Gasteiger partial charge on any atom is 0.326 e. The lowest BCUT2D eigenvalue weighted by Gasteiger charge is -2.22. The molecule has 0 radical (unpaired) electrons. The van der Waals surface area contributed by atoms with Gasteiger partial charge in [-0.25, -0.2) is 4.79 Å². The molecular formula is C20H23N5O6. The molecule has 4 amide bonds. The number of nitrogens with one attached hydrogen (secondary N) is 4. The Balaban J connectivity index is 1.71. The number of benzene rings is 1. The number of aromatic amines is 1. The number of rotatable bonds is 9. The molecular weight excluding hydrogens is 406 g/mol. The van der Waals surface area contributed by atoms with E-state index in [4.69, 9.17) is 5.73 Å². The van der Waals surface area contributed by atoms with Gasteiger partial charge in [-0.3, -0.25) is 19.2 Å². The maximum absolute atomic E-state index is 12.7. The highest BCUT2D eigenvalue weighted by atomic mass is 16.4. The van der Waals surface area contributed by atoms with Crippen molar-refractivity contribution in [2.45, 2.75) is 43.8 Å². The second-order valence-electron chi connectivity index (χ2n) is 7.35. The summed E-state index contributed by atoms with van der Waals surface area (Å²) in [7, 11) is 0. The van der Waals surface area contributed by atoms with Gasteiger partial charge in [-0.2, -0.15) is 0 Å². The van der Waals surface area contributed by atoms with Gasteiger partial charge >= 0.3 is 5.97 Å². The van der Waals surface area contributed by atoms with Crippen LogP contribution in [0.1, 0.15) is 24.8 Å². The van der Waals surface area contributed by atoms with Crippen LogP contribution in [0, 0.1) is 0 Å². The number of carboxylic acid groups (broad SMARTS) is 1. The van der Waals surface area contributed by atoms with Crippen LogP contribution < -0.4 is 21.7 Å². The Morgan fingerprint density at radius 3 is 2.55 bits per heavy atom. The quantitative estimate of drug-likeness (QED) is 0.294. The highest BCUT2D eigenvalue weighted by Crippen LogP contribution is 2.19. The summed E-state index contributed by atoms with van der Waals surface area (Å²) < 4.78 is 0. The Bertz CT molecular complexity index is 1030. The minimum absolute atomic E-state index is 0.0129. The van der Waals surface area contributed by atoms with Gasteiger partial charge in [-0.1, -0.05) is 18.2 Å². The molecule has 0 spiro atoms. The highest BCUT2D eigenvalue weighted by Gasteiger charge is 2.32. The lowest BCUT2D eigenvalue weighted by Crippen LogP contribution is -2.55. The number of fused-ring (bicyclic) bond motifs is 1. The zero-order chi connectivity index (χ0) is 22.5. The number of hydrogen-bond acceptors (Lipinski definition) is 5. The van der Waals surface area contributed by atoms with Crippen molar-refractivity contribution in [1.29, 1.82) is 0 Å². The number of para-hydroxylation sites is 1. The molecule has 1 aromatic carbocycles. The van der Waals surface area contributed by atoms with E-state index in [9.17, 15) is 29.1 Å². The van der Waals surface area contributed by atoms with Gasteiger partial charge in [0, 0.05) is 29.9 Å². The molecule has 1 aliphatic heterocycles. The number of H-pyrrole nitrogens is 1. The number of primary amides is 1. The molecule has 7 N–H and O–H groups in total. The number of nitrogens with two attached hydrogens (primary N) is 1. The molecule has 3 atom stereocenters. The molecule has 0 unspecified atom stereocenters. The smallest absolute Gasteiger partial charge is 0.326 e. The molecule has 164 valence electrons. The summed E-state index contributed by atoms with van der Waals surface area (Å²) in [5, 5.41) is 17.6. The van der Waals surface area contributed by atoms with Gasteiger partial charge in [0.2, 0.25) is 23.6 Å². The first-order chi connectivity index (χ1) is 14.7. The van der Waals surface area contributed by atoms with E-state index in [1.807, 2.05) is 24.3 Å². The van der Waals surface area contributed by atoms with Crippen LogP contribution in [0.5, 0.6) is 0 Å². The number of carboxylic acids is 1. The van der Waals surface area contributed by atoms with Crippen molar-refractivity contribution in [3.8, 4) is 0 Å². The SMILES string of the molecule is NC(=O)C[C@H](NC(=O)[C@@H]1CCC(=O)N1)C(=O)N[C@@H](Cc1c[nH]c2ccccc12)C(=O)O. The summed E-state index contributed by atoms with van der Waals surface area (Å²) in [5.74, 6) is -3.91. The van der Waals surface area contributed by atoms with E-state index in [0.717, 1.165) is 10.9 Å². The summed E-state index contributed by atoms with van der Waals surface area (Å²) in [4.78, 5) is 62.5. The van der Waals surface area contributed by atoms with Gasteiger partial charge in [-0.15, -0.1) is 0 Å². The number of carbonyl (C=O) groups is 5. The maximum atomic E-state index is 12.7. The monoisotopic (exact) mass is 429 g/mol. The molecule has 1 saturated heterocycles. The molecule has 0 bridgehead atoms. The fourth-order valence-corrected chi connectivity index (χ4v) is 3.49. The lowest BCUT2D eigenvalue weighted by molar-refractivity contribution is -0.142. The third kappa shape index (κ3) is 5.38. The molecule has 1 fully saturated rings. The van der Waals surface area contributed by atoms with Crippen LogP contribution in [0.2, 0.25) is 0 Å². The van der Waals surface area contributed by atoms with Crippen LogP contribution in [0.4, 0.5) is 0 Å². The molecule has 1 aromatic heterocycles. The molecule has 3 rings (SSSR count). The second kappa shape index (κ2) is 9.28. The third-order valence-electron chi connectivity index (χ3n) is 5.06. The minimum Gasteiger partial charge on any atom is -0.480 e. The van der Waals surface area contributed by atoms with E-state index in [2.05, 4.69) is 20.9 Å². The molecule has 31 heavy (non-hydrogen) atoms. The van der Waals surface area contributed by atoms with Gasteiger partial charge < -0.3 is 31.8 Å². The molecule has 2 heterocycles. The van der Waals surface area contributed by atoms with E-state index in [1.54, 1.807) is 6.20 Å². The standard InChI is InChI=1S/C20H23N5O6/c21-16(26)8-14(24-18(28)13-5-6-17(27)23-13)19(29)25-15(20(30)31)7-10-9-22-12-4-2-1-3-11(10)12/h1-4,9,13-15,22H,5-8H2,(H2,21,26)(H,23,27)(H,24,28)(H,25,29)(H,30,31)/t13-,14-,15-/m0/s1. The fourth-order valence-electron chi connectivity index (χ4n) is 3.49. The first-order valence-corrected chi connectivity index (χ1v) is 9.71. The van der Waals surface area contributed by atoms with Crippen molar-refractivity contribution >= 4 is 40.5 Å². The zero-order valence-corrected chi connectivity index (χ0v) is 16.5. The summed E-state index contributed by atoms with van der Waals surface area (Å²) in [6.07, 6.45) is 1.57. The first-order valence-electron chi connectivity index (χ1n) is 9.71. The first kappa shape index (κ1) is 21.8. The Morgan fingerprint density at radius 2 is 1.90 bits per heavy atom. The average molecular weight is 429 g/mol. The van der Waals surface area contributed by atoms with E-state index < -0.39 is 48.2 Å². The molecule has 1 aliphatic rings. The van der Waals surface area contributed by atoms with Crippen molar-refractivity contribution in [2.75, 3.05) is 0 Å². The second-order valence-corrected chi connectivity index (χ2v) is 7.35. The minimum atomic E-state index is -1.37. The Morgan fingerprint density at radius 1 is 1.16 bits per heavy atom. The number of carbonyl (C=O) groups excluding carboxylic acids is 4. The topological polar surface area (TPSA) is 183 Å². The van der Waals surface area contributed by atoms with Crippen LogP contribution in [0.25, 0.3) is 10.9 Å². The number of aliphatic carboxylic acids is 1. The molecule has 11 heteroatoms. The molecule has 2 aromatic rings. The molecule has 0 aliphatic carbocycles. The number of aromatic nitrogens is 1. The van der Waals surface area contributed by atoms with Gasteiger partial charge in [0.05, 0.1) is 6.42 Å². The normalized spacial score (nSPS) is 17.5. The van der Waals surface area contributed by atoms with Crippen LogP contribution in [-0.2, 0) is 30.4 Å². The predicted molar refractivity (Wildman–Crippen MR) is 108 cm³/mol. The van der Waals surface area contributed by atoms with Crippen LogP contribution in [0.3, 0.4) is 0 Å². The largest absolute Gasteiger partial charge is 0.480 e. The summed E-state index contributed by atoms with van der Waals surface area (Å²) in [6, 6.07) is 3.83. The average Bonchev–Trinajstić information content (AvgIpc) is 3.33. The number of amides is 4. The van der Waals surface area contributed by atoms with Gasteiger partial charge in [0.1, 0.15) is 18.1 Å². The van der Waals surface area contributed by atoms with Crippen molar-refractivity contribution in [2.24, 2.45) is 5.73 Å². The van der Waals surface area contributed by atoms with E-state index in [-0.39, 0.29) is 25.2 Å². The third-order valence-corrected chi connectivity index (χ3v) is 5.06. The van der Waals surface area contributed by atoms with Gasteiger partial charge in [0.15, 0.2) is 0 Å². The van der Waals surface area contributed by atoms with Crippen molar-refractivity contribution < 1.29 is 29.1 Å². The molecule has 0 saturated carbocycles. The highest BCUT2D eigenvalue weighted by molar-refractivity contribution is 5.96. The van der Waals surface area contributed by atoms with Gasteiger partial charge in [-0.05, 0) is 18.1 Å². The van der Waals surface area contributed by atoms with Crippen molar-refractivity contribution in [1.82, 2.24) is 20.9 Å². The van der Waals surface area contributed by atoms with E-state index in [0.29, 0.717) is 5.56 Å². The zero-order valence-electron chi connectivity index (χ0n) is 16.5. The molecule has 11 nitrogen and oxygen atoms in total. The fraction of sp³-hybridized carbons (Fsp3) is 0.350. The summed E-state index contributed by atoms with van der Waals surface area (Å²) in [6.45, 7) is 0. The van der Waals surface area contributed by atoms with E-state index >= 15 is 0 Å².